The van der Waals surface area contributed by atoms with Gasteiger partial charge in [-0.25, -0.2) is 14.0 Å². The number of carbonyl (C=O) groups is 2. The SMILES string of the molecule is CC(C)(C)OC(=O)c1c(C(=O)O)oc2cccc(F)c12. The molecule has 0 amide bonds. The number of hydrogen-bond donors (Lipinski definition) is 1. The molecule has 5 nitrogen and oxygen atoms in total. The molecule has 0 radical (unpaired) electrons. The standard InChI is InChI=1S/C14H13FO5/c1-14(2,3)20-13(18)10-9-7(15)5-4-6-8(9)19-11(10)12(16)17/h4-6H,1-3H3,(H,16,17). The number of fused-ring (bicyclic) bond motifs is 1. The van der Waals surface area contributed by atoms with Crippen LogP contribution >= 0.6 is 0 Å². The van der Waals surface area contributed by atoms with Crippen LogP contribution in [-0.2, 0) is 4.74 Å². The Morgan fingerprint density at radius 1 is 1.30 bits per heavy atom. The molecule has 0 aliphatic rings. The molecule has 1 aromatic heterocycles. The normalized spacial score (nSPS) is 11.6. The minimum Gasteiger partial charge on any atom is -0.475 e. The summed E-state index contributed by atoms with van der Waals surface area (Å²) < 4.78 is 24.0. The Hall–Kier alpha value is -2.37. The third kappa shape index (κ3) is 2.49. The van der Waals surface area contributed by atoms with E-state index in [9.17, 15) is 14.0 Å². The van der Waals surface area contributed by atoms with Crippen molar-refractivity contribution in [3.63, 3.8) is 0 Å². The molecule has 0 spiro atoms. The fourth-order valence-corrected chi connectivity index (χ4v) is 1.78. The zero-order valence-electron chi connectivity index (χ0n) is 11.2. The Labute approximate surface area is 113 Å². The number of halogens is 1. The van der Waals surface area contributed by atoms with E-state index in [0.717, 1.165) is 6.07 Å². The van der Waals surface area contributed by atoms with Crippen LogP contribution < -0.4 is 0 Å². The molecule has 0 aliphatic heterocycles. The molecule has 0 atom stereocenters. The molecular weight excluding hydrogens is 267 g/mol. The topological polar surface area (TPSA) is 76.7 Å². The molecule has 0 aliphatic carbocycles. The van der Waals surface area contributed by atoms with Crippen molar-refractivity contribution in [3.05, 3.63) is 35.3 Å². The Balaban J connectivity index is 2.69. The quantitative estimate of drug-likeness (QED) is 0.854. The molecule has 106 valence electrons. The van der Waals surface area contributed by atoms with Crippen molar-refractivity contribution < 1.29 is 28.2 Å². The van der Waals surface area contributed by atoms with Crippen molar-refractivity contribution in [1.82, 2.24) is 0 Å². The smallest absolute Gasteiger partial charge is 0.372 e. The number of carboxylic acids is 1. The molecule has 6 heteroatoms. The zero-order chi connectivity index (χ0) is 15.1. The fraction of sp³-hybridized carbons (Fsp3) is 0.286. The molecule has 2 aromatic rings. The average molecular weight is 280 g/mol. The molecule has 20 heavy (non-hydrogen) atoms. The highest BCUT2D eigenvalue weighted by molar-refractivity contribution is 6.11. The minimum absolute atomic E-state index is 0.0109. The average Bonchev–Trinajstić information content (AvgIpc) is 2.67. The van der Waals surface area contributed by atoms with Gasteiger partial charge in [0.25, 0.3) is 0 Å². The van der Waals surface area contributed by atoms with Gasteiger partial charge in [0.15, 0.2) is 0 Å². The first kappa shape index (κ1) is 14.0. The zero-order valence-corrected chi connectivity index (χ0v) is 11.2. The van der Waals surface area contributed by atoms with Crippen LogP contribution in [0.3, 0.4) is 0 Å². The van der Waals surface area contributed by atoms with Crippen LogP contribution in [0.1, 0.15) is 41.7 Å². The highest BCUT2D eigenvalue weighted by atomic mass is 19.1. The second kappa shape index (κ2) is 4.63. The van der Waals surface area contributed by atoms with E-state index in [1.54, 1.807) is 20.8 Å². The van der Waals surface area contributed by atoms with E-state index in [-0.39, 0.29) is 11.0 Å². The van der Waals surface area contributed by atoms with E-state index >= 15 is 0 Å². The van der Waals surface area contributed by atoms with E-state index in [0.29, 0.717) is 0 Å². The molecule has 1 aromatic carbocycles. The predicted molar refractivity (Wildman–Crippen MR) is 68.3 cm³/mol. The number of carboxylic acid groups (broad SMARTS) is 1. The van der Waals surface area contributed by atoms with E-state index in [2.05, 4.69) is 0 Å². The third-order valence-electron chi connectivity index (χ3n) is 2.46. The van der Waals surface area contributed by atoms with Gasteiger partial charge < -0.3 is 14.3 Å². The van der Waals surface area contributed by atoms with Crippen molar-refractivity contribution in [2.24, 2.45) is 0 Å². The molecule has 0 bridgehead atoms. The van der Waals surface area contributed by atoms with Crippen LogP contribution in [0.25, 0.3) is 11.0 Å². The largest absolute Gasteiger partial charge is 0.475 e. The maximum atomic E-state index is 13.9. The van der Waals surface area contributed by atoms with Crippen molar-refractivity contribution >= 4 is 22.9 Å². The molecule has 0 fully saturated rings. The number of esters is 1. The van der Waals surface area contributed by atoms with Crippen LogP contribution in [0, 0.1) is 5.82 Å². The summed E-state index contributed by atoms with van der Waals surface area (Å²) in [6.45, 7) is 4.89. The van der Waals surface area contributed by atoms with Gasteiger partial charge in [-0.1, -0.05) is 6.07 Å². The molecule has 1 heterocycles. The Morgan fingerprint density at radius 3 is 2.50 bits per heavy atom. The fourth-order valence-electron chi connectivity index (χ4n) is 1.78. The van der Waals surface area contributed by atoms with Gasteiger partial charge in [-0.15, -0.1) is 0 Å². The first-order valence-corrected chi connectivity index (χ1v) is 5.88. The number of aromatic carboxylic acids is 1. The van der Waals surface area contributed by atoms with Crippen LogP contribution in [0.15, 0.2) is 22.6 Å². The summed E-state index contributed by atoms with van der Waals surface area (Å²) >= 11 is 0. The molecular formula is C14H13FO5. The lowest BCUT2D eigenvalue weighted by molar-refractivity contribution is 0.00659. The summed E-state index contributed by atoms with van der Waals surface area (Å²) in [7, 11) is 0. The monoisotopic (exact) mass is 280 g/mol. The van der Waals surface area contributed by atoms with Gasteiger partial charge in [-0.2, -0.15) is 0 Å². The molecule has 0 saturated heterocycles. The molecule has 1 N–H and O–H groups in total. The van der Waals surface area contributed by atoms with Crippen LogP contribution in [0.2, 0.25) is 0 Å². The van der Waals surface area contributed by atoms with Crippen LogP contribution in [-0.4, -0.2) is 22.6 Å². The van der Waals surface area contributed by atoms with Gasteiger partial charge in [0.05, 0.1) is 5.39 Å². The van der Waals surface area contributed by atoms with Crippen molar-refractivity contribution in [2.45, 2.75) is 26.4 Å². The predicted octanol–water partition coefficient (Wildman–Crippen LogP) is 3.23. The number of benzene rings is 1. The van der Waals surface area contributed by atoms with Gasteiger partial charge in [-0.3, -0.25) is 0 Å². The van der Waals surface area contributed by atoms with E-state index in [1.165, 1.54) is 12.1 Å². The molecule has 0 unspecified atom stereocenters. The highest BCUT2D eigenvalue weighted by Crippen LogP contribution is 2.30. The second-order valence-electron chi connectivity index (χ2n) is 5.23. The minimum atomic E-state index is -1.46. The third-order valence-corrected chi connectivity index (χ3v) is 2.46. The van der Waals surface area contributed by atoms with Crippen LogP contribution in [0.5, 0.6) is 0 Å². The lowest BCUT2D eigenvalue weighted by Gasteiger charge is -2.19. The van der Waals surface area contributed by atoms with Gasteiger partial charge in [-0.05, 0) is 32.9 Å². The number of furan rings is 1. The summed E-state index contributed by atoms with van der Waals surface area (Å²) in [5.41, 5.74) is -1.24. The summed E-state index contributed by atoms with van der Waals surface area (Å²) in [5, 5.41) is 8.90. The summed E-state index contributed by atoms with van der Waals surface area (Å²) in [4.78, 5) is 23.2. The Morgan fingerprint density at radius 2 is 1.95 bits per heavy atom. The lowest BCUT2D eigenvalue weighted by atomic mass is 10.1. The van der Waals surface area contributed by atoms with Gasteiger partial charge in [0.1, 0.15) is 22.6 Å². The summed E-state index contributed by atoms with van der Waals surface area (Å²) in [6.07, 6.45) is 0. The van der Waals surface area contributed by atoms with Gasteiger partial charge >= 0.3 is 11.9 Å². The lowest BCUT2D eigenvalue weighted by Crippen LogP contribution is -2.24. The maximum absolute atomic E-state index is 13.9. The Bertz CT molecular complexity index is 693. The first-order valence-electron chi connectivity index (χ1n) is 5.88. The first-order chi connectivity index (χ1) is 9.20. The second-order valence-corrected chi connectivity index (χ2v) is 5.23. The number of ether oxygens (including phenoxy) is 1. The maximum Gasteiger partial charge on any atom is 0.372 e. The van der Waals surface area contributed by atoms with E-state index in [4.69, 9.17) is 14.3 Å². The number of hydrogen-bond acceptors (Lipinski definition) is 4. The van der Waals surface area contributed by atoms with Crippen molar-refractivity contribution in [1.29, 1.82) is 0 Å². The van der Waals surface area contributed by atoms with Gasteiger partial charge in [0.2, 0.25) is 5.76 Å². The van der Waals surface area contributed by atoms with E-state index in [1.807, 2.05) is 0 Å². The van der Waals surface area contributed by atoms with Crippen molar-refractivity contribution in [3.8, 4) is 0 Å². The number of rotatable bonds is 2. The van der Waals surface area contributed by atoms with Crippen LogP contribution in [0.4, 0.5) is 4.39 Å². The molecule has 0 saturated carbocycles. The highest BCUT2D eigenvalue weighted by Gasteiger charge is 2.30. The van der Waals surface area contributed by atoms with E-state index < -0.39 is 34.7 Å². The van der Waals surface area contributed by atoms with Gasteiger partial charge in [0, 0.05) is 0 Å². The number of carbonyl (C=O) groups excluding carboxylic acids is 1. The van der Waals surface area contributed by atoms with Crippen molar-refractivity contribution in [2.75, 3.05) is 0 Å². The molecule has 2 rings (SSSR count). The summed E-state index contributed by atoms with van der Waals surface area (Å²) in [5.74, 6) is -3.75. The summed E-state index contributed by atoms with van der Waals surface area (Å²) in [6, 6.07) is 3.88. The Kier molecular flexibility index (Phi) is 3.25.